The van der Waals surface area contributed by atoms with Gasteiger partial charge in [0.15, 0.2) is 0 Å². The van der Waals surface area contributed by atoms with Gasteiger partial charge in [0.25, 0.3) is 0 Å². The molecule has 22 heavy (non-hydrogen) atoms. The van der Waals surface area contributed by atoms with Gasteiger partial charge in [-0.15, -0.1) is 0 Å². The van der Waals surface area contributed by atoms with Crippen LogP contribution in [0.25, 0.3) is 0 Å². The Balaban J connectivity index is 2.65. The molecule has 126 valence electrons. The van der Waals surface area contributed by atoms with Crippen LogP contribution >= 0.6 is 0 Å². The predicted molar refractivity (Wildman–Crippen MR) is 90.9 cm³/mol. The smallest absolute Gasteiger partial charge is 0.123 e. The number of hydrogen-bond acceptors (Lipinski definition) is 4. The van der Waals surface area contributed by atoms with E-state index in [-0.39, 0.29) is 12.0 Å². The number of rotatable bonds is 8. The van der Waals surface area contributed by atoms with E-state index in [0.717, 1.165) is 23.6 Å². The van der Waals surface area contributed by atoms with Crippen molar-refractivity contribution < 1.29 is 14.6 Å². The van der Waals surface area contributed by atoms with E-state index in [2.05, 4.69) is 39.9 Å². The Hall–Kier alpha value is -1.26. The first kappa shape index (κ1) is 18.8. The van der Waals surface area contributed by atoms with Crippen molar-refractivity contribution in [2.45, 2.75) is 46.1 Å². The molecule has 1 aromatic rings. The second-order valence-corrected chi connectivity index (χ2v) is 7.13. The summed E-state index contributed by atoms with van der Waals surface area (Å²) >= 11 is 0. The molecule has 1 atom stereocenters. The third-order valence-electron chi connectivity index (χ3n) is 3.36. The zero-order chi connectivity index (χ0) is 16.8. The maximum absolute atomic E-state index is 10.0. The Morgan fingerprint density at radius 3 is 2.41 bits per heavy atom. The van der Waals surface area contributed by atoms with Gasteiger partial charge in [0.1, 0.15) is 24.2 Å². The van der Waals surface area contributed by atoms with Crippen LogP contribution in [0.5, 0.6) is 11.5 Å². The summed E-state index contributed by atoms with van der Waals surface area (Å²) in [5, 5.41) is 13.2. The second kappa shape index (κ2) is 8.39. The topological polar surface area (TPSA) is 50.7 Å². The average Bonchev–Trinajstić information content (AvgIpc) is 2.43. The fourth-order valence-electron chi connectivity index (χ4n) is 2.13. The maximum atomic E-state index is 10.0. The Bertz CT molecular complexity index is 452. The molecule has 0 radical (unpaired) electrons. The number of ether oxygens (including phenoxy) is 2. The minimum atomic E-state index is -0.520. The molecule has 0 fully saturated rings. The minimum absolute atomic E-state index is 0.0509. The van der Waals surface area contributed by atoms with Crippen molar-refractivity contribution in [3.05, 3.63) is 23.8 Å². The molecule has 0 saturated heterocycles. The van der Waals surface area contributed by atoms with E-state index in [1.807, 2.05) is 18.2 Å². The Morgan fingerprint density at radius 1 is 1.18 bits per heavy atom. The summed E-state index contributed by atoms with van der Waals surface area (Å²) < 4.78 is 11.1. The molecule has 4 nitrogen and oxygen atoms in total. The SMILES string of the molecule is COc1ccc(OCC(O)CNCC(C)C)c(C(C)(C)C)c1. The molecule has 1 rings (SSSR count). The van der Waals surface area contributed by atoms with Crippen LogP contribution in [0.15, 0.2) is 18.2 Å². The Kier molecular flexibility index (Phi) is 7.17. The highest BCUT2D eigenvalue weighted by Crippen LogP contribution is 2.34. The molecule has 2 N–H and O–H groups in total. The van der Waals surface area contributed by atoms with E-state index in [1.165, 1.54) is 0 Å². The van der Waals surface area contributed by atoms with Gasteiger partial charge in [-0.25, -0.2) is 0 Å². The van der Waals surface area contributed by atoms with Crippen LogP contribution in [0.2, 0.25) is 0 Å². The van der Waals surface area contributed by atoms with Crippen molar-refractivity contribution in [3.8, 4) is 11.5 Å². The molecule has 0 bridgehead atoms. The first-order valence-corrected chi connectivity index (χ1v) is 7.94. The zero-order valence-electron chi connectivity index (χ0n) is 14.8. The number of nitrogens with one attached hydrogen (secondary N) is 1. The number of hydrogen-bond donors (Lipinski definition) is 2. The summed E-state index contributed by atoms with van der Waals surface area (Å²) in [6.45, 7) is 12.4. The minimum Gasteiger partial charge on any atom is -0.497 e. The van der Waals surface area contributed by atoms with Crippen LogP contribution in [0.3, 0.4) is 0 Å². The highest BCUT2D eigenvalue weighted by molar-refractivity contribution is 5.44. The van der Waals surface area contributed by atoms with Gasteiger partial charge < -0.3 is 19.9 Å². The molecule has 0 aliphatic rings. The van der Waals surface area contributed by atoms with Gasteiger partial charge in [-0.2, -0.15) is 0 Å². The zero-order valence-corrected chi connectivity index (χ0v) is 14.8. The van der Waals surface area contributed by atoms with E-state index < -0.39 is 6.10 Å². The molecular formula is C18H31NO3. The lowest BCUT2D eigenvalue weighted by molar-refractivity contribution is 0.104. The van der Waals surface area contributed by atoms with Crippen LogP contribution in [0.1, 0.15) is 40.2 Å². The van der Waals surface area contributed by atoms with Gasteiger partial charge in [-0.3, -0.25) is 0 Å². The highest BCUT2D eigenvalue weighted by Gasteiger charge is 2.20. The van der Waals surface area contributed by atoms with Crippen LogP contribution in [0, 0.1) is 5.92 Å². The van der Waals surface area contributed by atoms with Gasteiger partial charge in [0.05, 0.1) is 7.11 Å². The van der Waals surface area contributed by atoms with Gasteiger partial charge in [-0.1, -0.05) is 34.6 Å². The van der Waals surface area contributed by atoms with E-state index in [4.69, 9.17) is 9.47 Å². The summed E-state index contributed by atoms with van der Waals surface area (Å²) in [6.07, 6.45) is -0.520. The van der Waals surface area contributed by atoms with Crippen LogP contribution in [-0.4, -0.2) is 38.0 Å². The monoisotopic (exact) mass is 309 g/mol. The fraction of sp³-hybridized carbons (Fsp3) is 0.667. The normalized spacial score (nSPS) is 13.3. The van der Waals surface area contributed by atoms with E-state index in [1.54, 1.807) is 7.11 Å². The number of aliphatic hydroxyl groups excluding tert-OH is 1. The van der Waals surface area contributed by atoms with Crippen LogP contribution in [-0.2, 0) is 5.41 Å². The van der Waals surface area contributed by atoms with Crippen LogP contribution in [0.4, 0.5) is 0 Å². The molecule has 0 spiro atoms. The van der Waals surface area contributed by atoms with Crippen molar-refractivity contribution in [2.24, 2.45) is 5.92 Å². The number of benzene rings is 1. The molecule has 1 unspecified atom stereocenters. The van der Waals surface area contributed by atoms with E-state index in [0.29, 0.717) is 12.5 Å². The molecule has 0 aromatic heterocycles. The van der Waals surface area contributed by atoms with Gasteiger partial charge in [0, 0.05) is 12.1 Å². The number of aliphatic hydroxyl groups is 1. The van der Waals surface area contributed by atoms with Gasteiger partial charge in [-0.05, 0) is 36.1 Å². The first-order valence-electron chi connectivity index (χ1n) is 7.94. The van der Waals surface area contributed by atoms with Crippen molar-refractivity contribution >= 4 is 0 Å². The van der Waals surface area contributed by atoms with Crippen molar-refractivity contribution in [2.75, 3.05) is 26.8 Å². The lowest BCUT2D eigenvalue weighted by atomic mass is 9.86. The molecule has 0 aliphatic heterocycles. The number of methoxy groups -OCH3 is 1. The predicted octanol–water partition coefficient (Wildman–Crippen LogP) is 2.98. The molecule has 4 heteroatoms. The average molecular weight is 309 g/mol. The van der Waals surface area contributed by atoms with Crippen molar-refractivity contribution in [3.63, 3.8) is 0 Å². The molecule has 0 saturated carbocycles. The molecule has 0 aliphatic carbocycles. The standard InChI is InChI=1S/C18H31NO3/c1-13(2)10-19-11-14(20)12-22-17-8-7-15(21-6)9-16(17)18(3,4)5/h7-9,13-14,19-20H,10-12H2,1-6H3. The largest absolute Gasteiger partial charge is 0.497 e. The quantitative estimate of drug-likeness (QED) is 0.775. The summed E-state index contributed by atoms with van der Waals surface area (Å²) in [4.78, 5) is 0. The van der Waals surface area contributed by atoms with Crippen molar-refractivity contribution in [1.82, 2.24) is 5.32 Å². The molecule has 0 amide bonds. The lowest BCUT2D eigenvalue weighted by Crippen LogP contribution is -2.33. The molecule has 0 heterocycles. The Morgan fingerprint density at radius 2 is 1.86 bits per heavy atom. The third-order valence-corrected chi connectivity index (χ3v) is 3.36. The molecule has 1 aromatic carbocycles. The summed E-state index contributed by atoms with van der Waals surface area (Å²) in [6, 6.07) is 5.79. The highest BCUT2D eigenvalue weighted by atomic mass is 16.5. The maximum Gasteiger partial charge on any atom is 0.123 e. The van der Waals surface area contributed by atoms with Gasteiger partial charge >= 0.3 is 0 Å². The summed E-state index contributed by atoms with van der Waals surface area (Å²) in [5.41, 5.74) is 1.03. The second-order valence-electron chi connectivity index (χ2n) is 7.13. The van der Waals surface area contributed by atoms with E-state index >= 15 is 0 Å². The van der Waals surface area contributed by atoms with Gasteiger partial charge in [0.2, 0.25) is 0 Å². The lowest BCUT2D eigenvalue weighted by Gasteiger charge is -2.24. The van der Waals surface area contributed by atoms with Crippen molar-refractivity contribution in [1.29, 1.82) is 0 Å². The Labute approximate surface area is 134 Å². The summed E-state index contributed by atoms with van der Waals surface area (Å²) in [7, 11) is 1.66. The van der Waals surface area contributed by atoms with Crippen LogP contribution < -0.4 is 14.8 Å². The molecular weight excluding hydrogens is 278 g/mol. The first-order chi connectivity index (χ1) is 10.2. The third kappa shape index (κ3) is 6.24. The van der Waals surface area contributed by atoms with E-state index in [9.17, 15) is 5.11 Å². The summed E-state index contributed by atoms with van der Waals surface area (Å²) in [5.74, 6) is 2.19. The fourth-order valence-corrected chi connectivity index (χ4v) is 2.13.